The fourth-order valence-corrected chi connectivity index (χ4v) is 4.33. The van der Waals surface area contributed by atoms with Crippen LogP contribution in [0.15, 0.2) is 36.4 Å². The molecular formula is C26H41NO2. The largest absolute Gasteiger partial charge is 0.387 e. The van der Waals surface area contributed by atoms with Crippen LogP contribution in [0.25, 0.3) is 6.08 Å². The summed E-state index contributed by atoms with van der Waals surface area (Å²) in [4.78, 5) is 12.4. The maximum atomic E-state index is 12.4. The molecule has 0 aliphatic heterocycles. The highest BCUT2D eigenvalue weighted by Gasteiger charge is 2.21. The molecule has 0 spiro atoms. The monoisotopic (exact) mass is 399 g/mol. The molecule has 2 rings (SSSR count). The lowest BCUT2D eigenvalue weighted by Crippen LogP contribution is -2.42. The molecule has 1 fully saturated rings. The molecule has 1 amide bonds. The molecule has 0 heterocycles. The smallest absolute Gasteiger partial charge is 0.220 e. The number of aliphatic hydroxyl groups excluding tert-OH is 1. The molecule has 1 aromatic carbocycles. The van der Waals surface area contributed by atoms with Crippen LogP contribution in [0.5, 0.6) is 0 Å². The third kappa shape index (κ3) is 10.1. The van der Waals surface area contributed by atoms with Gasteiger partial charge in [-0.1, -0.05) is 114 Å². The van der Waals surface area contributed by atoms with E-state index >= 15 is 0 Å². The van der Waals surface area contributed by atoms with Crippen molar-refractivity contribution in [2.75, 3.05) is 0 Å². The fourth-order valence-electron chi connectivity index (χ4n) is 4.33. The molecule has 1 aliphatic carbocycles. The highest BCUT2D eigenvalue weighted by atomic mass is 16.3. The van der Waals surface area contributed by atoms with Crippen molar-refractivity contribution in [1.29, 1.82) is 0 Å². The van der Waals surface area contributed by atoms with Crippen molar-refractivity contribution in [3.05, 3.63) is 42.0 Å². The van der Waals surface area contributed by atoms with Crippen LogP contribution in [-0.2, 0) is 4.79 Å². The van der Waals surface area contributed by atoms with Crippen LogP contribution in [0.1, 0.15) is 96.0 Å². The van der Waals surface area contributed by atoms with Gasteiger partial charge in [0, 0.05) is 6.42 Å². The standard InChI is InChI=1S/C26H41NO2/c1-2-3-4-5-9-19-26(29)27-24(18-12-17-22-15-10-11-16-22)25(28)21-20-23-13-7-6-8-14-23/h6-8,13-14,20-22,24-25,28H,2-5,9-12,15-19H2,1H3,(H,27,29)/b21-20+/t24-,25-/m1/s1. The maximum Gasteiger partial charge on any atom is 0.220 e. The van der Waals surface area contributed by atoms with Gasteiger partial charge in [-0.3, -0.25) is 4.79 Å². The zero-order valence-corrected chi connectivity index (χ0v) is 18.3. The number of amides is 1. The first-order valence-electron chi connectivity index (χ1n) is 11.9. The first kappa shape index (κ1) is 23.7. The molecule has 0 unspecified atom stereocenters. The van der Waals surface area contributed by atoms with Gasteiger partial charge < -0.3 is 10.4 Å². The number of hydrogen-bond acceptors (Lipinski definition) is 2. The van der Waals surface area contributed by atoms with E-state index in [0.717, 1.165) is 37.2 Å². The Balaban J connectivity index is 1.83. The van der Waals surface area contributed by atoms with E-state index in [1.54, 1.807) is 0 Å². The zero-order chi connectivity index (χ0) is 20.7. The van der Waals surface area contributed by atoms with Crippen LogP contribution in [0.4, 0.5) is 0 Å². The molecule has 162 valence electrons. The second kappa shape index (κ2) is 14.4. The summed E-state index contributed by atoms with van der Waals surface area (Å²) in [5, 5.41) is 13.9. The van der Waals surface area contributed by atoms with Gasteiger partial charge in [0.15, 0.2) is 0 Å². The minimum atomic E-state index is -0.650. The van der Waals surface area contributed by atoms with Crippen molar-refractivity contribution < 1.29 is 9.90 Å². The minimum absolute atomic E-state index is 0.0829. The van der Waals surface area contributed by atoms with Crippen LogP contribution in [0.2, 0.25) is 0 Å². The van der Waals surface area contributed by atoms with Crippen LogP contribution < -0.4 is 5.32 Å². The molecule has 3 nitrogen and oxygen atoms in total. The van der Waals surface area contributed by atoms with Crippen LogP contribution >= 0.6 is 0 Å². The third-order valence-electron chi connectivity index (χ3n) is 6.15. The van der Waals surface area contributed by atoms with Crippen LogP contribution in [0.3, 0.4) is 0 Å². The first-order valence-corrected chi connectivity index (χ1v) is 11.9. The van der Waals surface area contributed by atoms with E-state index in [-0.39, 0.29) is 11.9 Å². The summed E-state index contributed by atoms with van der Waals surface area (Å²) >= 11 is 0. The summed E-state index contributed by atoms with van der Waals surface area (Å²) in [6, 6.07) is 9.82. The molecule has 29 heavy (non-hydrogen) atoms. The molecule has 2 N–H and O–H groups in total. The lowest BCUT2D eigenvalue weighted by molar-refractivity contribution is -0.122. The maximum absolute atomic E-state index is 12.4. The Kier molecular flexibility index (Phi) is 11.7. The average Bonchev–Trinajstić information content (AvgIpc) is 3.25. The summed E-state index contributed by atoms with van der Waals surface area (Å²) in [6.07, 6.45) is 18.0. The van der Waals surface area contributed by atoms with Gasteiger partial charge in [-0.25, -0.2) is 0 Å². The highest BCUT2D eigenvalue weighted by molar-refractivity contribution is 5.76. The lowest BCUT2D eigenvalue weighted by atomic mass is 9.96. The summed E-state index contributed by atoms with van der Waals surface area (Å²) in [5.41, 5.74) is 1.07. The van der Waals surface area contributed by atoms with E-state index in [0.29, 0.717) is 6.42 Å². The van der Waals surface area contributed by atoms with Crippen LogP contribution in [0, 0.1) is 5.92 Å². The van der Waals surface area contributed by atoms with Crippen molar-refractivity contribution in [2.24, 2.45) is 5.92 Å². The highest BCUT2D eigenvalue weighted by Crippen LogP contribution is 2.29. The second-order valence-corrected chi connectivity index (χ2v) is 8.68. The number of unbranched alkanes of at least 4 members (excludes halogenated alkanes) is 4. The predicted octanol–water partition coefficient (Wildman–Crippen LogP) is 6.27. The Labute approximate surface area is 178 Å². The number of carbonyl (C=O) groups excluding carboxylic acids is 1. The SMILES string of the molecule is CCCCCCCC(=O)N[C@H](CCCC1CCCC1)[C@H](O)/C=C/c1ccccc1. The predicted molar refractivity (Wildman–Crippen MR) is 123 cm³/mol. The van der Waals surface area contributed by atoms with Crippen molar-refractivity contribution in [3.8, 4) is 0 Å². The van der Waals surface area contributed by atoms with Crippen molar-refractivity contribution in [1.82, 2.24) is 5.32 Å². The first-order chi connectivity index (χ1) is 14.2. The van der Waals surface area contributed by atoms with Crippen LogP contribution in [-0.4, -0.2) is 23.2 Å². The van der Waals surface area contributed by atoms with E-state index in [9.17, 15) is 9.90 Å². The summed E-state index contributed by atoms with van der Waals surface area (Å²) in [5.74, 6) is 0.932. The number of aliphatic hydroxyl groups is 1. The quantitative estimate of drug-likeness (QED) is 0.362. The van der Waals surface area contributed by atoms with E-state index in [2.05, 4.69) is 12.2 Å². The third-order valence-corrected chi connectivity index (χ3v) is 6.15. The molecule has 2 atom stereocenters. The molecule has 0 saturated heterocycles. The fraction of sp³-hybridized carbons (Fsp3) is 0.654. The number of rotatable bonds is 14. The summed E-state index contributed by atoms with van der Waals surface area (Å²) in [7, 11) is 0. The van der Waals surface area contributed by atoms with E-state index in [1.807, 2.05) is 42.5 Å². The lowest BCUT2D eigenvalue weighted by Gasteiger charge is -2.23. The molecule has 0 bridgehead atoms. The van der Waals surface area contributed by atoms with Crippen molar-refractivity contribution in [2.45, 2.75) is 103 Å². The summed E-state index contributed by atoms with van der Waals surface area (Å²) < 4.78 is 0. The van der Waals surface area contributed by atoms with Gasteiger partial charge in [0.25, 0.3) is 0 Å². The summed E-state index contributed by atoms with van der Waals surface area (Å²) in [6.45, 7) is 2.20. The Morgan fingerprint density at radius 3 is 2.55 bits per heavy atom. The topological polar surface area (TPSA) is 49.3 Å². The van der Waals surface area contributed by atoms with E-state index < -0.39 is 6.10 Å². The average molecular weight is 400 g/mol. The number of hydrogen-bond donors (Lipinski definition) is 2. The number of benzene rings is 1. The Morgan fingerprint density at radius 1 is 1.10 bits per heavy atom. The Morgan fingerprint density at radius 2 is 1.83 bits per heavy atom. The minimum Gasteiger partial charge on any atom is -0.387 e. The Bertz CT molecular complexity index is 578. The van der Waals surface area contributed by atoms with E-state index in [4.69, 9.17) is 0 Å². The molecule has 0 aromatic heterocycles. The second-order valence-electron chi connectivity index (χ2n) is 8.68. The van der Waals surface area contributed by atoms with Crippen molar-refractivity contribution in [3.63, 3.8) is 0 Å². The molecule has 3 heteroatoms. The van der Waals surface area contributed by atoms with E-state index in [1.165, 1.54) is 51.4 Å². The van der Waals surface area contributed by atoms with Gasteiger partial charge in [-0.05, 0) is 24.3 Å². The van der Waals surface area contributed by atoms with Gasteiger partial charge in [-0.15, -0.1) is 0 Å². The molecule has 1 saturated carbocycles. The Hall–Kier alpha value is -1.61. The zero-order valence-electron chi connectivity index (χ0n) is 18.3. The van der Waals surface area contributed by atoms with Gasteiger partial charge >= 0.3 is 0 Å². The van der Waals surface area contributed by atoms with Gasteiger partial charge in [0.1, 0.15) is 0 Å². The molecule has 1 aliphatic rings. The van der Waals surface area contributed by atoms with Gasteiger partial charge in [0.05, 0.1) is 12.1 Å². The number of nitrogens with one attached hydrogen (secondary N) is 1. The van der Waals surface area contributed by atoms with Crippen molar-refractivity contribution >= 4 is 12.0 Å². The normalized spacial score (nSPS) is 16.9. The molecule has 0 radical (unpaired) electrons. The van der Waals surface area contributed by atoms with Gasteiger partial charge in [0.2, 0.25) is 5.91 Å². The number of carbonyl (C=O) groups is 1. The molecule has 1 aromatic rings. The molecular weight excluding hydrogens is 358 g/mol. The van der Waals surface area contributed by atoms with Gasteiger partial charge in [-0.2, -0.15) is 0 Å².